The minimum absolute atomic E-state index is 0.330. The van der Waals surface area contributed by atoms with Crippen LogP contribution in [0.5, 0.6) is 0 Å². The van der Waals surface area contributed by atoms with Crippen molar-refractivity contribution in [1.82, 2.24) is 19.7 Å². The number of benzene rings is 1. The average Bonchev–Trinajstić information content (AvgIpc) is 3.37. The van der Waals surface area contributed by atoms with Gasteiger partial charge in [-0.05, 0) is 6.92 Å². The van der Waals surface area contributed by atoms with E-state index in [9.17, 15) is 4.79 Å². The lowest BCUT2D eigenvalue weighted by molar-refractivity contribution is 0.0328. The molecule has 4 rings (SSSR count). The van der Waals surface area contributed by atoms with Crippen LogP contribution in [0.2, 0.25) is 0 Å². The predicted molar refractivity (Wildman–Crippen MR) is 107 cm³/mol. The maximum absolute atomic E-state index is 12.4. The molecule has 1 saturated heterocycles. The van der Waals surface area contributed by atoms with Gasteiger partial charge in [0.15, 0.2) is 0 Å². The van der Waals surface area contributed by atoms with Crippen LogP contribution in [0.1, 0.15) is 23.0 Å². The van der Waals surface area contributed by atoms with Crippen molar-refractivity contribution >= 4 is 17.3 Å². The molecule has 3 aromatic rings. The molecule has 0 unspecified atom stereocenters. The van der Waals surface area contributed by atoms with Crippen molar-refractivity contribution in [3.05, 3.63) is 53.2 Å². The predicted octanol–water partition coefficient (Wildman–Crippen LogP) is 3.00. The van der Waals surface area contributed by atoms with Gasteiger partial charge in [0, 0.05) is 30.6 Å². The molecule has 3 heterocycles. The van der Waals surface area contributed by atoms with Crippen molar-refractivity contribution in [3.8, 4) is 16.4 Å². The third-order valence-corrected chi connectivity index (χ3v) is 5.40. The zero-order valence-electron chi connectivity index (χ0n) is 15.7. The molecule has 0 radical (unpaired) electrons. The first-order valence-electron chi connectivity index (χ1n) is 9.31. The van der Waals surface area contributed by atoms with Crippen LogP contribution in [-0.4, -0.2) is 58.5 Å². The van der Waals surface area contributed by atoms with Crippen molar-refractivity contribution < 1.29 is 14.3 Å². The first-order valence-corrected chi connectivity index (χ1v) is 10.2. The van der Waals surface area contributed by atoms with Gasteiger partial charge in [0.05, 0.1) is 37.4 Å². The molecule has 0 amide bonds. The molecule has 1 aliphatic rings. The summed E-state index contributed by atoms with van der Waals surface area (Å²) in [5, 5.41) is 7.21. The normalized spacial score (nSPS) is 14.9. The third-order valence-electron chi connectivity index (χ3n) is 4.58. The summed E-state index contributed by atoms with van der Waals surface area (Å²) in [5.74, 6) is -0.350. The van der Waals surface area contributed by atoms with Gasteiger partial charge in [0.25, 0.3) is 0 Å². The van der Waals surface area contributed by atoms with E-state index in [1.54, 1.807) is 17.8 Å². The fourth-order valence-corrected chi connectivity index (χ4v) is 3.96. The highest BCUT2D eigenvalue weighted by molar-refractivity contribution is 7.12. The molecule has 0 bridgehead atoms. The van der Waals surface area contributed by atoms with E-state index in [0.717, 1.165) is 35.2 Å². The first kappa shape index (κ1) is 18.8. The monoisotopic (exact) mass is 398 g/mol. The van der Waals surface area contributed by atoms with Crippen molar-refractivity contribution in [2.75, 3.05) is 32.9 Å². The van der Waals surface area contributed by atoms with Gasteiger partial charge in [-0.1, -0.05) is 30.3 Å². The van der Waals surface area contributed by atoms with E-state index in [1.165, 1.54) is 11.3 Å². The minimum Gasteiger partial charge on any atom is -0.462 e. The SMILES string of the molecule is CCOC(=O)c1cnn(-c2nc(-c3ccccc3)cs2)c1CN1CCOCC1. The van der Waals surface area contributed by atoms with E-state index >= 15 is 0 Å². The Hall–Kier alpha value is -2.55. The van der Waals surface area contributed by atoms with E-state index < -0.39 is 0 Å². The standard InChI is InChI=1S/C20H22N4O3S/c1-2-27-19(25)16-12-21-24(18(16)13-23-8-10-26-11-9-23)20-22-17(14-28-20)15-6-4-3-5-7-15/h3-7,12,14H,2,8-11,13H2,1H3. The van der Waals surface area contributed by atoms with Crippen molar-refractivity contribution in [2.24, 2.45) is 0 Å². The number of aromatic nitrogens is 3. The quantitative estimate of drug-likeness (QED) is 0.595. The molecule has 0 spiro atoms. The molecule has 2 aromatic heterocycles. The second kappa shape index (κ2) is 8.64. The largest absolute Gasteiger partial charge is 0.462 e. The van der Waals surface area contributed by atoms with Gasteiger partial charge >= 0.3 is 5.97 Å². The first-order chi connectivity index (χ1) is 13.8. The van der Waals surface area contributed by atoms with Crippen molar-refractivity contribution in [2.45, 2.75) is 13.5 Å². The third kappa shape index (κ3) is 3.99. The number of rotatable bonds is 6. The Kier molecular flexibility index (Phi) is 5.80. The van der Waals surface area contributed by atoms with Crippen LogP contribution in [-0.2, 0) is 16.0 Å². The summed E-state index contributed by atoms with van der Waals surface area (Å²) in [5.41, 5.74) is 3.24. The Morgan fingerprint density at radius 1 is 1.25 bits per heavy atom. The van der Waals surface area contributed by atoms with Crippen LogP contribution in [0.15, 0.2) is 41.9 Å². The summed E-state index contributed by atoms with van der Waals surface area (Å²) in [7, 11) is 0. The molecule has 7 nitrogen and oxygen atoms in total. The Bertz CT molecular complexity index is 932. The number of carbonyl (C=O) groups is 1. The summed E-state index contributed by atoms with van der Waals surface area (Å²) in [6.07, 6.45) is 1.58. The van der Waals surface area contributed by atoms with Crippen LogP contribution in [0.25, 0.3) is 16.4 Å². The fourth-order valence-electron chi connectivity index (χ4n) is 3.14. The molecule has 146 valence electrons. The van der Waals surface area contributed by atoms with E-state index in [4.69, 9.17) is 14.5 Å². The van der Waals surface area contributed by atoms with Gasteiger partial charge in [0.1, 0.15) is 5.56 Å². The van der Waals surface area contributed by atoms with Gasteiger partial charge in [0.2, 0.25) is 5.13 Å². The van der Waals surface area contributed by atoms with E-state index in [0.29, 0.717) is 31.9 Å². The topological polar surface area (TPSA) is 69.5 Å². The highest BCUT2D eigenvalue weighted by atomic mass is 32.1. The highest BCUT2D eigenvalue weighted by Gasteiger charge is 2.24. The number of carbonyl (C=O) groups excluding carboxylic acids is 1. The van der Waals surface area contributed by atoms with Gasteiger partial charge in [-0.2, -0.15) is 5.10 Å². The second-order valence-electron chi connectivity index (χ2n) is 6.41. The Morgan fingerprint density at radius 2 is 2.04 bits per heavy atom. The van der Waals surface area contributed by atoms with E-state index in [2.05, 4.69) is 10.00 Å². The molecule has 0 atom stereocenters. The van der Waals surface area contributed by atoms with Crippen molar-refractivity contribution in [3.63, 3.8) is 0 Å². The summed E-state index contributed by atoms with van der Waals surface area (Å²) >= 11 is 1.51. The number of hydrogen-bond acceptors (Lipinski definition) is 7. The van der Waals surface area contributed by atoms with Crippen LogP contribution < -0.4 is 0 Å². The number of esters is 1. The number of thiazole rings is 1. The van der Waals surface area contributed by atoms with E-state index in [1.807, 2.05) is 35.7 Å². The minimum atomic E-state index is -0.350. The lowest BCUT2D eigenvalue weighted by Crippen LogP contribution is -2.36. The number of nitrogens with zero attached hydrogens (tertiary/aromatic N) is 4. The zero-order valence-corrected chi connectivity index (χ0v) is 16.5. The Labute approximate surface area is 167 Å². The smallest absolute Gasteiger partial charge is 0.341 e. The van der Waals surface area contributed by atoms with Gasteiger partial charge in [-0.15, -0.1) is 11.3 Å². The van der Waals surface area contributed by atoms with E-state index in [-0.39, 0.29) is 5.97 Å². The molecule has 28 heavy (non-hydrogen) atoms. The summed E-state index contributed by atoms with van der Waals surface area (Å²) in [4.78, 5) is 19.4. The van der Waals surface area contributed by atoms with Crippen LogP contribution in [0.4, 0.5) is 0 Å². The van der Waals surface area contributed by atoms with Gasteiger partial charge in [-0.3, -0.25) is 4.90 Å². The molecule has 1 aliphatic heterocycles. The summed E-state index contributed by atoms with van der Waals surface area (Å²) < 4.78 is 12.4. The Balaban J connectivity index is 1.68. The zero-order chi connectivity index (χ0) is 19.3. The number of ether oxygens (including phenoxy) is 2. The Morgan fingerprint density at radius 3 is 2.79 bits per heavy atom. The van der Waals surface area contributed by atoms with Crippen molar-refractivity contribution in [1.29, 1.82) is 0 Å². The average molecular weight is 398 g/mol. The van der Waals surface area contributed by atoms with Crippen LogP contribution >= 0.6 is 11.3 Å². The highest BCUT2D eigenvalue weighted by Crippen LogP contribution is 2.26. The molecule has 0 saturated carbocycles. The van der Waals surface area contributed by atoms with Gasteiger partial charge in [-0.25, -0.2) is 14.5 Å². The molecule has 8 heteroatoms. The molecule has 0 aliphatic carbocycles. The second-order valence-corrected chi connectivity index (χ2v) is 7.24. The molecular formula is C20H22N4O3S. The molecule has 1 aromatic carbocycles. The summed E-state index contributed by atoms with van der Waals surface area (Å²) in [6, 6.07) is 10.0. The molecule has 1 fully saturated rings. The molecular weight excluding hydrogens is 376 g/mol. The lowest BCUT2D eigenvalue weighted by Gasteiger charge is -2.26. The number of hydrogen-bond donors (Lipinski definition) is 0. The fraction of sp³-hybridized carbons (Fsp3) is 0.350. The number of morpholine rings is 1. The van der Waals surface area contributed by atoms with Gasteiger partial charge < -0.3 is 9.47 Å². The van der Waals surface area contributed by atoms with Crippen LogP contribution in [0, 0.1) is 0 Å². The molecule has 0 N–H and O–H groups in total. The maximum atomic E-state index is 12.4. The maximum Gasteiger partial charge on any atom is 0.341 e. The lowest BCUT2D eigenvalue weighted by atomic mass is 10.2. The summed E-state index contributed by atoms with van der Waals surface area (Å²) in [6.45, 7) is 5.75. The van der Waals surface area contributed by atoms with Crippen LogP contribution in [0.3, 0.4) is 0 Å².